The zero-order chi connectivity index (χ0) is 13.2. The first-order chi connectivity index (χ1) is 9.27. The van der Waals surface area contributed by atoms with Gasteiger partial charge in [-0.3, -0.25) is 9.78 Å². The molecule has 92 valence electrons. The maximum atomic E-state index is 13.7. The van der Waals surface area contributed by atoms with Crippen molar-refractivity contribution in [2.24, 2.45) is 0 Å². The van der Waals surface area contributed by atoms with E-state index in [1.807, 2.05) is 30.3 Å². The smallest absolute Gasteiger partial charge is 0.214 e. The predicted octanol–water partition coefficient (Wildman–Crippen LogP) is 3.60. The molecule has 19 heavy (non-hydrogen) atoms. The van der Waals surface area contributed by atoms with E-state index in [1.165, 1.54) is 12.1 Å². The van der Waals surface area contributed by atoms with E-state index in [4.69, 9.17) is 0 Å². The van der Waals surface area contributed by atoms with Gasteiger partial charge in [-0.05, 0) is 23.6 Å². The summed E-state index contributed by atoms with van der Waals surface area (Å²) in [6, 6.07) is 15.2. The number of carbonyl (C=O) groups excluding carboxylic acids is 1. The van der Waals surface area contributed by atoms with Crippen molar-refractivity contribution in [2.75, 3.05) is 0 Å². The largest absolute Gasteiger partial charge is 0.287 e. The fourth-order valence-electron chi connectivity index (χ4n) is 2.07. The molecule has 0 amide bonds. The van der Waals surface area contributed by atoms with Gasteiger partial charge in [-0.2, -0.15) is 0 Å². The molecule has 2 nitrogen and oxygen atoms in total. The number of halogens is 1. The number of carbonyl (C=O) groups is 1. The molecule has 3 rings (SSSR count). The number of hydrogen-bond donors (Lipinski definition) is 0. The van der Waals surface area contributed by atoms with E-state index >= 15 is 0 Å². The highest BCUT2D eigenvalue weighted by molar-refractivity contribution is 6.15. The second-order valence-electron chi connectivity index (χ2n) is 4.19. The topological polar surface area (TPSA) is 30.0 Å². The molecule has 3 aromatic rings. The minimum atomic E-state index is -0.526. The summed E-state index contributed by atoms with van der Waals surface area (Å²) in [5.41, 5.74) is 0.328. The van der Waals surface area contributed by atoms with Crippen LogP contribution in [0.15, 0.2) is 60.8 Å². The molecule has 3 heteroatoms. The Hall–Kier alpha value is -2.55. The standard InChI is InChI=1S/C16H10FNO/c17-14-8-4-3-7-13(14)16(19)15-12-6-2-1-5-11(12)9-10-18-15/h1-10H. The Kier molecular flexibility index (Phi) is 2.80. The van der Waals surface area contributed by atoms with Gasteiger partial charge in [0.2, 0.25) is 5.78 Å². The maximum Gasteiger partial charge on any atom is 0.214 e. The predicted molar refractivity (Wildman–Crippen MR) is 71.6 cm³/mol. The number of ketones is 1. The zero-order valence-corrected chi connectivity index (χ0v) is 10.0. The summed E-state index contributed by atoms with van der Waals surface area (Å²) in [7, 11) is 0. The summed E-state index contributed by atoms with van der Waals surface area (Å²) in [6.45, 7) is 0. The molecule has 0 aliphatic rings. The van der Waals surface area contributed by atoms with E-state index in [2.05, 4.69) is 4.98 Å². The highest BCUT2D eigenvalue weighted by atomic mass is 19.1. The maximum absolute atomic E-state index is 13.7. The van der Waals surface area contributed by atoms with Gasteiger partial charge in [-0.25, -0.2) is 4.39 Å². The number of aromatic nitrogens is 1. The van der Waals surface area contributed by atoms with Crippen LogP contribution in [-0.2, 0) is 0 Å². The lowest BCUT2D eigenvalue weighted by Gasteiger charge is -2.05. The number of pyridine rings is 1. The van der Waals surface area contributed by atoms with E-state index in [0.29, 0.717) is 0 Å². The normalized spacial score (nSPS) is 10.6. The fraction of sp³-hybridized carbons (Fsp3) is 0. The van der Waals surface area contributed by atoms with Crippen LogP contribution in [0.3, 0.4) is 0 Å². The number of fused-ring (bicyclic) bond motifs is 1. The van der Waals surface area contributed by atoms with Gasteiger partial charge in [0.15, 0.2) is 0 Å². The van der Waals surface area contributed by atoms with Crippen LogP contribution in [-0.4, -0.2) is 10.8 Å². The molecule has 1 heterocycles. The van der Waals surface area contributed by atoms with Crippen LogP contribution in [0.1, 0.15) is 16.1 Å². The summed E-state index contributed by atoms with van der Waals surface area (Å²) in [6.07, 6.45) is 1.57. The Labute approximate surface area is 109 Å². The number of hydrogen-bond acceptors (Lipinski definition) is 2. The van der Waals surface area contributed by atoms with Crippen molar-refractivity contribution in [1.82, 2.24) is 4.98 Å². The van der Waals surface area contributed by atoms with Crippen LogP contribution in [0, 0.1) is 5.82 Å². The van der Waals surface area contributed by atoms with Crippen LogP contribution < -0.4 is 0 Å². The van der Waals surface area contributed by atoms with Gasteiger partial charge in [0.05, 0.1) is 5.56 Å². The average molecular weight is 251 g/mol. The third-order valence-corrected chi connectivity index (χ3v) is 3.01. The van der Waals surface area contributed by atoms with E-state index in [9.17, 15) is 9.18 Å². The molecule has 0 aliphatic carbocycles. The van der Waals surface area contributed by atoms with Gasteiger partial charge in [-0.1, -0.05) is 36.4 Å². The summed E-state index contributed by atoms with van der Waals surface area (Å²) < 4.78 is 13.7. The highest BCUT2D eigenvalue weighted by Gasteiger charge is 2.16. The van der Waals surface area contributed by atoms with Gasteiger partial charge < -0.3 is 0 Å². The fourth-order valence-corrected chi connectivity index (χ4v) is 2.07. The average Bonchev–Trinajstić information content (AvgIpc) is 2.46. The minimum absolute atomic E-state index is 0.0475. The Morgan fingerprint density at radius 1 is 0.947 bits per heavy atom. The minimum Gasteiger partial charge on any atom is -0.287 e. The van der Waals surface area contributed by atoms with E-state index in [0.717, 1.165) is 10.8 Å². The first-order valence-electron chi connectivity index (χ1n) is 5.90. The van der Waals surface area contributed by atoms with E-state index < -0.39 is 11.6 Å². The van der Waals surface area contributed by atoms with E-state index in [-0.39, 0.29) is 11.3 Å². The first-order valence-corrected chi connectivity index (χ1v) is 5.90. The second kappa shape index (κ2) is 4.61. The lowest BCUT2D eigenvalue weighted by atomic mass is 10.0. The molecule has 0 saturated heterocycles. The highest BCUT2D eigenvalue weighted by Crippen LogP contribution is 2.20. The molecule has 0 saturated carbocycles. The molecule has 1 aromatic heterocycles. The van der Waals surface area contributed by atoms with Crippen LogP contribution >= 0.6 is 0 Å². The molecule has 0 N–H and O–H groups in total. The second-order valence-corrected chi connectivity index (χ2v) is 4.19. The van der Waals surface area contributed by atoms with Gasteiger partial charge >= 0.3 is 0 Å². The van der Waals surface area contributed by atoms with Crippen LogP contribution in [0.4, 0.5) is 4.39 Å². The summed E-state index contributed by atoms with van der Waals surface area (Å²) >= 11 is 0. The molecule has 0 aliphatic heterocycles. The molecule has 0 atom stereocenters. The summed E-state index contributed by atoms with van der Waals surface area (Å²) in [5.74, 6) is -0.919. The van der Waals surface area contributed by atoms with Crippen molar-refractivity contribution in [1.29, 1.82) is 0 Å². The monoisotopic (exact) mass is 251 g/mol. The van der Waals surface area contributed by atoms with Crippen molar-refractivity contribution in [2.45, 2.75) is 0 Å². The lowest BCUT2D eigenvalue weighted by Crippen LogP contribution is -2.07. The molecular weight excluding hydrogens is 241 g/mol. The lowest BCUT2D eigenvalue weighted by molar-refractivity contribution is 0.103. The SMILES string of the molecule is O=C(c1ccccc1F)c1nccc2ccccc12. The number of benzene rings is 2. The molecule has 0 spiro atoms. The van der Waals surface area contributed by atoms with Gasteiger partial charge in [0.1, 0.15) is 11.5 Å². The Morgan fingerprint density at radius 3 is 2.53 bits per heavy atom. The van der Waals surface area contributed by atoms with Gasteiger partial charge in [0, 0.05) is 11.6 Å². The Morgan fingerprint density at radius 2 is 1.68 bits per heavy atom. The summed E-state index contributed by atoms with van der Waals surface area (Å²) in [5, 5.41) is 1.65. The van der Waals surface area contributed by atoms with Gasteiger partial charge in [0.25, 0.3) is 0 Å². The number of rotatable bonds is 2. The molecule has 0 radical (unpaired) electrons. The number of nitrogens with zero attached hydrogens (tertiary/aromatic N) is 1. The van der Waals surface area contributed by atoms with Crippen molar-refractivity contribution >= 4 is 16.6 Å². The van der Waals surface area contributed by atoms with Gasteiger partial charge in [-0.15, -0.1) is 0 Å². The van der Waals surface area contributed by atoms with Crippen molar-refractivity contribution in [3.8, 4) is 0 Å². The third kappa shape index (κ3) is 1.99. The first kappa shape index (κ1) is 11.5. The van der Waals surface area contributed by atoms with Crippen LogP contribution in [0.5, 0.6) is 0 Å². The Bertz CT molecular complexity index is 762. The molecule has 0 bridgehead atoms. The van der Waals surface area contributed by atoms with Crippen LogP contribution in [0.2, 0.25) is 0 Å². The quantitative estimate of drug-likeness (QED) is 0.651. The molecular formula is C16H10FNO. The molecule has 0 fully saturated rings. The summed E-state index contributed by atoms with van der Waals surface area (Å²) in [4.78, 5) is 16.5. The zero-order valence-electron chi connectivity index (χ0n) is 10.0. The van der Waals surface area contributed by atoms with Crippen LogP contribution in [0.25, 0.3) is 10.8 Å². The van der Waals surface area contributed by atoms with Crippen molar-refractivity contribution in [3.63, 3.8) is 0 Å². The third-order valence-electron chi connectivity index (χ3n) is 3.01. The van der Waals surface area contributed by atoms with Crippen molar-refractivity contribution in [3.05, 3.63) is 77.9 Å². The van der Waals surface area contributed by atoms with Crippen molar-refractivity contribution < 1.29 is 9.18 Å². The molecule has 2 aromatic carbocycles. The Balaban J connectivity index is 2.20. The molecule has 0 unspecified atom stereocenters. The van der Waals surface area contributed by atoms with E-state index in [1.54, 1.807) is 18.3 Å².